The quantitative estimate of drug-likeness (QED) is 0.827. The summed E-state index contributed by atoms with van der Waals surface area (Å²) < 4.78 is 5.53. The van der Waals surface area contributed by atoms with E-state index in [9.17, 15) is 0 Å². The first kappa shape index (κ1) is 11.7. The van der Waals surface area contributed by atoms with Crippen LogP contribution in [-0.2, 0) is 5.54 Å². The summed E-state index contributed by atoms with van der Waals surface area (Å²) >= 11 is 0. The second-order valence-electron chi connectivity index (χ2n) is 4.27. The molecule has 0 spiro atoms. The van der Waals surface area contributed by atoms with Crippen molar-refractivity contribution in [2.45, 2.75) is 18.9 Å². The highest BCUT2D eigenvalue weighted by atomic mass is 16.5. The monoisotopic (exact) mass is 231 g/mol. The zero-order chi connectivity index (χ0) is 12.1. The highest BCUT2D eigenvalue weighted by Gasteiger charge is 2.21. The molecule has 17 heavy (non-hydrogen) atoms. The third kappa shape index (κ3) is 3.07. The second kappa shape index (κ2) is 5.01. The number of pyridine rings is 1. The van der Waals surface area contributed by atoms with Crippen molar-refractivity contribution in [1.82, 2.24) is 9.97 Å². The van der Waals surface area contributed by atoms with E-state index in [1.807, 2.05) is 43.5 Å². The molecule has 2 aromatic heterocycles. The SMILES string of the molecule is CC(N)(CCOc1ccccn1)c1ccc[nH]1. The van der Waals surface area contributed by atoms with E-state index in [4.69, 9.17) is 10.5 Å². The maximum absolute atomic E-state index is 6.21. The van der Waals surface area contributed by atoms with Crippen LogP contribution < -0.4 is 10.5 Å². The lowest BCUT2D eigenvalue weighted by atomic mass is 9.96. The molecule has 4 nitrogen and oxygen atoms in total. The normalized spacial score (nSPS) is 14.2. The molecular formula is C13H17N3O. The smallest absolute Gasteiger partial charge is 0.213 e. The number of aromatic nitrogens is 2. The Hall–Kier alpha value is -1.81. The van der Waals surface area contributed by atoms with E-state index >= 15 is 0 Å². The maximum atomic E-state index is 6.21. The number of hydrogen-bond acceptors (Lipinski definition) is 3. The van der Waals surface area contributed by atoms with Crippen LogP contribution in [0.3, 0.4) is 0 Å². The largest absolute Gasteiger partial charge is 0.478 e. The van der Waals surface area contributed by atoms with Crippen molar-refractivity contribution < 1.29 is 4.74 Å². The number of H-pyrrole nitrogens is 1. The number of nitrogens with one attached hydrogen (secondary N) is 1. The van der Waals surface area contributed by atoms with E-state index in [2.05, 4.69) is 9.97 Å². The van der Waals surface area contributed by atoms with Gasteiger partial charge in [-0.05, 0) is 25.1 Å². The number of nitrogens with zero attached hydrogens (tertiary/aromatic N) is 1. The van der Waals surface area contributed by atoms with Crippen LogP contribution in [0.4, 0.5) is 0 Å². The van der Waals surface area contributed by atoms with E-state index in [-0.39, 0.29) is 0 Å². The Balaban J connectivity index is 1.86. The molecular weight excluding hydrogens is 214 g/mol. The molecule has 0 aliphatic heterocycles. The Morgan fingerprint density at radius 1 is 1.35 bits per heavy atom. The predicted octanol–water partition coefficient (Wildman–Crippen LogP) is 2.05. The van der Waals surface area contributed by atoms with Crippen LogP contribution in [0.2, 0.25) is 0 Å². The molecule has 0 amide bonds. The van der Waals surface area contributed by atoms with Crippen molar-refractivity contribution in [1.29, 1.82) is 0 Å². The number of nitrogens with two attached hydrogens (primary N) is 1. The van der Waals surface area contributed by atoms with Gasteiger partial charge in [-0.3, -0.25) is 0 Å². The molecule has 90 valence electrons. The van der Waals surface area contributed by atoms with Gasteiger partial charge in [0.05, 0.1) is 12.1 Å². The van der Waals surface area contributed by atoms with Crippen LogP contribution in [0.5, 0.6) is 5.88 Å². The molecule has 0 aliphatic rings. The Labute approximate surface area is 101 Å². The molecule has 2 heterocycles. The minimum absolute atomic E-state index is 0.404. The molecule has 0 aromatic carbocycles. The van der Waals surface area contributed by atoms with E-state index in [1.165, 1.54) is 0 Å². The summed E-state index contributed by atoms with van der Waals surface area (Å²) in [6.07, 6.45) is 4.31. The minimum Gasteiger partial charge on any atom is -0.478 e. The van der Waals surface area contributed by atoms with E-state index in [1.54, 1.807) is 6.20 Å². The van der Waals surface area contributed by atoms with Gasteiger partial charge in [0.25, 0.3) is 0 Å². The highest BCUT2D eigenvalue weighted by molar-refractivity contribution is 5.14. The van der Waals surface area contributed by atoms with Gasteiger partial charge < -0.3 is 15.5 Å². The summed E-state index contributed by atoms with van der Waals surface area (Å²) in [5, 5.41) is 0. The molecule has 0 fully saturated rings. The van der Waals surface area contributed by atoms with Gasteiger partial charge in [-0.25, -0.2) is 4.98 Å². The maximum Gasteiger partial charge on any atom is 0.213 e. The fraction of sp³-hybridized carbons (Fsp3) is 0.308. The van der Waals surface area contributed by atoms with Crippen molar-refractivity contribution >= 4 is 0 Å². The summed E-state index contributed by atoms with van der Waals surface area (Å²) in [6.45, 7) is 2.53. The summed E-state index contributed by atoms with van der Waals surface area (Å²) in [7, 11) is 0. The minimum atomic E-state index is -0.404. The van der Waals surface area contributed by atoms with Gasteiger partial charge in [0.15, 0.2) is 0 Å². The Morgan fingerprint density at radius 2 is 2.24 bits per heavy atom. The lowest BCUT2D eigenvalue weighted by Crippen LogP contribution is -2.35. The number of aromatic amines is 1. The van der Waals surface area contributed by atoms with E-state index in [0.717, 1.165) is 12.1 Å². The lowest BCUT2D eigenvalue weighted by Gasteiger charge is -2.23. The van der Waals surface area contributed by atoms with Gasteiger partial charge in [-0.2, -0.15) is 0 Å². The molecule has 0 saturated carbocycles. The summed E-state index contributed by atoms with van der Waals surface area (Å²) in [5.74, 6) is 0.634. The first-order valence-corrected chi connectivity index (χ1v) is 5.65. The van der Waals surface area contributed by atoms with Crippen LogP contribution in [-0.4, -0.2) is 16.6 Å². The molecule has 1 unspecified atom stereocenters. The van der Waals surface area contributed by atoms with E-state index < -0.39 is 5.54 Å². The lowest BCUT2D eigenvalue weighted by molar-refractivity contribution is 0.257. The van der Waals surface area contributed by atoms with Crippen molar-refractivity contribution in [3.63, 3.8) is 0 Å². The van der Waals surface area contributed by atoms with Crippen LogP contribution in [0.25, 0.3) is 0 Å². The molecule has 2 rings (SSSR count). The molecule has 2 aromatic rings. The molecule has 0 radical (unpaired) electrons. The van der Waals surface area contributed by atoms with Gasteiger partial charge in [-0.15, -0.1) is 0 Å². The first-order valence-electron chi connectivity index (χ1n) is 5.65. The number of rotatable bonds is 5. The molecule has 1 atom stereocenters. The predicted molar refractivity (Wildman–Crippen MR) is 66.7 cm³/mol. The third-order valence-electron chi connectivity index (χ3n) is 2.72. The van der Waals surface area contributed by atoms with E-state index in [0.29, 0.717) is 12.5 Å². The van der Waals surface area contributed by atoms with Crippen molar-refractivity contribution in [2.75, 3.05) is 6.61 Å². The Bertz CT molecular complexity index is 437. The number of hydrogen-bond donors (Lipinski definition) is 2. The van der Waals surface area contributed by atoms with Gasteiger partial charge in [0.1, 0.15) is 0 Å². The fourth-order valence-electron chi connectivity index (χ4n) is 1.62. The first-order chi connectivity index (χ1) is 8.18. The summed E-state index contributed by atoms with van der Waals surface area (Å²) in [5.41, 5.74) is 6.83. The molecule has 4 heteroatoms. The van der Waals surface area contributed by atoms with Crippen molar-refractivity contribution in [2.24, 2.45) is 5.73 Å². The second-order valence-corrected chi connectivity index (χ2v) is 4.27. The van der Waals surface area contributed by atoms with Crippen molar-refractivity contribution in [3.05, 3.63) is 48.4 Å². The average molecular weight is 231 g/mol. The van der Waals surface area contributed by atoms with Gasteiger partial charge in [-0.1, -0.05) is 6.07 Å². The zero-order valence-electron chi connectivity index (χ0n) is 9.89. The fourth-order valence-corrected chi connectivity index (χ4v) is 1.62. The summed E-state index contributed by atoms with van der Waals surface area (Å²) in [6, 6.07) is 9.52. The zero-order valence-corrected chi connectivity index (χ0v) is 9.89. The topological polar surface area (TPSA) is 63.9 Å². The van der Waals surface area contributed by atoms with Crippen LogP contribution >= 0.6 is 0 Å². The van der Waals surface area contributed by atoms with Crippen LogP contribution in [0, 0.1) is 0 Å². The number of ether oxygens (including phenoxy) is 1. The van der Waals surface area contributed by atoms with Gasteiger partial charge in [0, 0.05) is 30.6 Å². The van der Waals surface area contributed by atoms with Gasteiger partial charge >= 0.3 is 0 Å². The van der Waals surface area contributed by atoms with Crippen molar-refractivity contribution in [3.8, 4) is 5.88 Å². The average Bonchev–Trinajstić information content (AvgIpc) is 2.84. The third-order valence-corrected chi connectivity index (χ3v) is 2.72. The Morgan fingerprint density at radius 3 is 2.88 bits per heavy atom. The van der Waals surface area contributed by atoms with Crippen LogP contribution in [0.1, 0.15) is 19.0 Å². The molecule has 0 bridgehead atoms. The summed E-state index contributed by atoms with van der Waals surface area (Å²) in [4.78, 5) is 7.22. The molecule has 0 saturated heterocycles. The molecule has 0 aliphatic carbocycles. The standard InChI is InChI=1S/C13H17N3O/c1-13(14,11-5-4-9-15-11)7-10-17-12-6-2-3-8-16-12/h2-6,8-9,15H,7,10,14H2,1H3. The van der Waals surface area contributed by atoms with Crippen LogP contribution in [0.15, 0.2) is 42.7 Å². The molecule has 3 N–H and O–H groups in total. The highest BCUT2D eigenvalue weighted by Crippen LogP contribution is 2.19. The van der Waals surface area contributed by atoms with Gasteiger partial charge in [0.2, 0.25) is 5.88 Å². The Kier molecular flexibility index (Phi) is 3.44.